The quantitative estimate of drug-likeness (QED) is 0.651. The molecule has 4 rings (SSSR count). The Morgan fingerprint density at radius 3 is 2.47 bits per heavy atom. The third-order valence-corrected chi connectivity index (χ3v) is 5.98. The molecule has 2 heterocycles. The Hall–Kier alpha value is -3.19. The Bertz CT molecular complexity index is 967. The molecule has 2 aromatic carbocycles. The SMILES string of the molecule is O=C(Nc1ccc(-c2nccs2)cc1)C1CCN(C(=O)COc2ccccc2)CC1. The number of carbonyl (C=O) groups excluding carboxylic acids is 2. The minimum atomic E-state index is -0.0947. The van der Waals surface area contributed by atoms with Crippen molar-refractivity contribution in [3.63, 3.8) is 0 Å². The zero-order chi connectivity index (χ0) is 20.8. The minimum absolute atomic E-state index is 0.00429. The van der Waals surface area contributed by atoms with Gasteiger partial charge in [-0.3, -0.25) is 9.59 Å². The van der Waals surface area contributed by atoms with Crippen molar-refractivity contribution < 1.29 is 14.3 Å². The predicted octanol–water partition coefficient (Wildman–Crippen LogP) is 4.07. The van der Waals surface area contributed by atoms with E-state index in [0.29, 0.717) is 31.7 Å². The molecule has 0 atom stereocenters. The summed E-state index contributed by atoms with van der Waals surface area (Å²) >= 11 is 1.58. The molecule has 1 N–H and O–H groups in total. The number of benzene rings is 2. The first-order valence-corrected chi connectivity index (χ1v) is 10.8. The van der Waals surface area contributed by atoms with Gasteiger partial charge in [0.05, 0.1) is 0 Å². The molecule has 3 aromatic rings. The van der Waals surface area contributed by atoms with Crippen molar-refractivity contribution in [2.24, 2.45) is 5.92 Å². The van der Waals surface area contributed by atoms with E-state index in [1.54, 1.807) is 22.4 Å². The predicted molar refractivity (Wildman–Crippen MR) is 117 cm³/mol. The standard InChI is InChI=1S/C23H23N3O3S/c27-21(16-29-20-4-2-1-3-5-20)26-13-10-17(11-14-26)22(28)25-19-8-6-18(7-9-19)23-24-12-15-30-23/h1-9,12,15,17H,10-11,13-14,16H2,(H,25,28). The highest BCUT2D eigenvalue weighted by molar-refractivity contribution is 7.13. The van der Waals surface area contributed by atoms with Crippen LogP contribution in [0.25, 0.3) is 10.6 Å². The van der Waals surface area contributed by atoms with Gasteiger partial charge in [-0.1, -0.05) is 18.2 Å². The number of amides is 2. The van der Waals surface area contributed by atoms with E-state index in [4.69, 9.17) is 4.74 Å². The molecule has 0 bridgehead atoms. The van der Waals surface area contributed by atoms with E-state index in [9.17, 15) is 9.59 Å². The molecule has 30 heavy (non-hydrogen) atoms. The van der Waals surface area contributed by atoms with Gasteiger partial charge in [-0.05, 0) is 49.2 Å². The van der Waals surface area contributed by atoms with Crippen molar-refractivity contribution >= 4 is 28.8 Å². The lowest BCUT2D eigenvalue weighted by Crippen LogP contribution is -2.43. The Balaban J connectivity index is 1.23. The topological polar surface area (TPSA) is 71.5 Å². The number of carbonyl (C=O) groups is 2. The maximum atomic E-state index is 12.6. The molecule has 7 heteroatoms. The summed E-state index contributed by atoms with van der Waals surface area (Å²) in [6, 6.07) is 17.0. The van der Waals surface area contributed by atoms with Gasteiger partial charge in [0.1, 0.15) is 10.8 Å². The number of para-hydroxylation sites is 1. The summed E-state index contributed by atoms with van der Waals surface area (Å²) in [5.41, 5.74) is 1.81. The lowest BCUT2D eigenvalue weighted by molar-refractivity contribution is -0.136. The fourth-order valence-electron chi connectivity index (χ4n) is 3.45. The second-order valence-corrected chi connectivity index (χ2v) is 8.06. The van der Waals surface area contributed by atoms with Gasteiger partial charge in [0.25, 0.3) is 5.91 Å². The fourth-order valence-corrected chi connectivity index (χ4v) is 4.10. The van der Waals surface area contributed by atoms with E-state index in [1.165, 1.54) is 0 Å². The van der Waals surface area contributed by atoms with E-state index >= 15 is 0 Å². The molecule has 0 unspecified atom stereocenters. The molecule has 1 aliphatic rings. The van der Waals surface area contributed by atoms with Gasteiger partial charge in [0.15, 0.2) is 6.61 Å². The molecular weight excluding hydrogens is 398 g/mol. The zero-order valence-corrected chi connectivity index (χ0v) is 17.3. The van der Waals surface area contributed by atoms with Crippen LogP contribution < -0.4 is 10.1 Å². The second-order valence-electron chi connectivity index (χ2n) is 7.16. The first kappa shape index (κ1) is 20.1. The summed E-state index contributed by atoms with van der Waals surface area (Å²) in [5, 5.41) is 5.89. The molecule has 0 aliphatic carbocycles. The van der Waals surface area contributed by atoms with Gasteiger partial charge in [-0.2, -0.15) is 0 Å². The van der Waals surface area contributed by atoms with Crippen molar-refractivity contribution in [1.82, 2.24) is 9.88 Å². The number of ether oxygens (including phenoxy) is 1. The number of nitrogens with zero attached hydrogens (tertiary/aromatic N) is 2. The van der Waals surface area contributed by atoms with Crippen molar-refractivity contribution in [1.29, 1.82) is 0 Å². The fraction of sp³-hybridized carbons (Fsp3) is 0.261. The first-order valence-electron chi connectivity index (χ1n) is 9.95. The summed E-state index contributed by atoms with van der Waals surface area (Å²) in [4.78, 5) is 31.0. The van der Waals surface area contributed by atoms with E-state index in [0.717, 1.165) is 16.3 Å². The highest BCUT2D eigenvalue weighted by Gasteiger charge is 2.27. The van der Waals surface area contributed by atoms with E-state index in [-0.39, 0.29) is 24.3 Å². The number of likely N-dealkylation sites (tertiary alicyclic amines) is 1. The van der Waals surface area contributed by atoms with Crippen LogP contribution in [0.1, 0.15) is 12.8 Å². The van der Waals surface area contributed by atoms with Crippen LogP contribution in [0.3, 0.4) is 0 Å². The van der Waals surface area contributed by atoms with Crippen molar-refractivity contribution in [3.05, 3.63) is 66.2 Å². The Morgan fingerprint density at radius 1 is 1.07 bits per heavy atom. The van der Waals surface area contributed by atoms with Crippen LogP contribution in [0.4, 0.5) is 5.69 Å². The van der Waals surface area contributed by atoms with E-state index in [2.05, 4.69) is 10.3 Å². The molecule has 2 amide bonds. The lowest BCUT2D eigenvalue weighted by Gasteiger charge is -2.31. The number of hydrogen-bond acceptors (Lipinski definition) is 5. The number of piperidine rings is 1. The molecule has 0 saturated carbocycles. The van der Waals surface area contributed by atoms with Gasteiger partial charge in [0, 0.05) is 41.8 Å². The van der Waals surface area contributed by atoms with Crippen LogP contribution in [0, 0.1) is 5.92 Å². The Kier molecular flexibility index (Phi) is 6.39. The third kappa shape index (κ3) is 5.04. The average molecular weight is 422 g/mol. The summed E-state index contributed by atoms with van der Waals surface area (Å²) in [6.07, 6.45) is 3.08. The molecule has 1 saturated heterocycles. The molecule has 0 radical (unpaired) electrons. The number of nitrogens with one attached hydrogen (secondary N) is 1. The van der Waals surface area contributed by atoms with E-state index < -0.39 is 0 Å². The van der Waals surface area contributed by atoms with Gasteiger partial charge in [-0.25, -0.2) is 4.98 Å². The third-order valence-electron chi connectivity index (χ3n) is 5.16. The first-order chi connectivity index (χ1) is 14.7. The summed E-state index contributed by atoms with van der Waals surface area (Å²) in [5.74, 6) is 0.545. The maximum Gasteiger partial charge on any atom is 0.260 e. The number of aromatic nitrogens is 1. The minimum Gasteiger partial charge on any atom is -0.484 e. The van der Waals surface area contributed by atoms with Crippen LogP contribution in [0.2, 0.25) is 0 Å². The maximum absolute atomic E-state index is 12.6. The van der Waals surface area contributed by atoms with Gasteiger partial charge >= 0.3 is 0 Å². The highest BCUT2D eigenvalue weighted by Crippen LogP contribution is 2.24. The number of anilines is 1. The Labute approximate surface area is 179 Å². The molecule has 1 aliphatic heterocycles. The summed E-state index contributed by atoms with van der Waals surface area (Å²) in [6.45, 7) is 1.16. The Morgan fingerprint density at radius 2 is 1.80 bits per heavy atom. The molecule has 6 nitrogen and oxygen atoms in total. The van der Waals surface area contributed by atoms with Crippen LogP contribution in [0.15, 0.2) is 66.2 Å². The van der Waals surface area contributed by atoms with Gasteiger partial charge < -0.3 is 15.0 Å². The van der Waals surface area contributed by atoms with Crippen LogP contribution in [-0.4, -0.2) is 41.4 Å². The van der Waals surface area contributed by atoms with Crippen molar-refractivity contribution in [3.8, 4) is 16.3 Å². The van der Waals surface area contributed by atoms with Crippen LogP contribution in [-0.2, 0) is 9.59 Å². The van der Waals surface area contributed by atoms with Crippen LogP contribution in [0.5, 0.6) is 5.75 Å². The molecule has 1 aromatic heterocycles. The van der Waals surface area contributed by atoms with Crippen molar-refractivity contribution in [2.45, 2.75) is 12.8 Å². The zero-order valence-electron chi connectivity index (χ0n) is 16.5. The molecule has 1 fully saturated rings. The number of thiazole rings is 1. The highest BCUT2D eigenvalue weighted by atomic mass is 32.1. The number of rotatable bonds is 6. The lowest BCUT2D eigenvalue weighted by atomic mass is 9.95. The largest absolute Gasteiger partial charge is 0.484 e. The number of hydrogen-bond donors (Lipinski definition) is 1. The normalized spacial score (nSPS) is 14.3. The summed E-state index contributed by atoms with van der Waals surface area (Å²) < 4.78 is 5.54. The average Bonchev–Trinajstić information content (AvgIpc) is 3.34. The van der Waals surface area contributed by atoms with Crippen molar-refractivity contribution in [2.75, 3.05) is 25.0 Å². The smallest absolute Gasteiger partial charge is 0.260 e. The van der Waals surface area contributed by atoms with Gasteiger partial charge in [0.2, 0.25) is 5.91 Å². The summed E-state index contributed by atoms with van der Waals surface area (Å²) in [7, 11) is 0. The molecular formula is C23H23N3O3S. The molecule has 0 spiro atoms. The van der Waals surface area contributed by atoms with Crippen LogP contribution >= 0.6 is 11.3 Å². The monoisotopic (exact) mass is 421 g/mol. The van der Waals surface area contributed by atoms with Gasteiger partial charge in [-0.15, -0.1) is 11.3 Å². The second kappa shape index (κ2) is 9.54. The van der Waals surface area contributed by atoms with E-state index in [1.807, 2.05) is 60.0 Å². The molecule has 154 valence electrons.